The summed E-state index contributed by atoms with van der Waals surface area (Å²) in [6.45, 7) is 4.98. The summed E-state index contributed by atoms with van der Waals surface area (Å²) in [5.41, 5.74) is 8.97. The van der Waals surface area contributed by atoms with E-state index in [-0.39, 0.29) is 36.8 Å². The Morgan fingerprint density at radius 3 is 2.50 bits per heavy atom. The summed E-state index contributed by atoms with van der Waals surface area (Å²) in [5.74, 6) is 0.0576. The van der Waals surface area contributed by atoms with E-state index in [1.807, 2.05) is 42.2 Å². The number of halogens is 2. The molecule has 2 rings (SSSR count). The summed E-state index contributed by atoms with van der Waals surface area (Å²) in [7, 11) is 0. The van der Waals surface area contributed by atoms with Crippen LogP contribution in [0.25, 0.3) is 0 Å². The van der Waals surface area contributed by atoms with Gasteiger partial charge in [-0.3, -0.25) is 9.78 Å². The van der Waals surface area contributed by atoms with Crippen molar-refractivity contribution in [2.75, 3.05) is 0 Å². The number of nitrogens with two attached hydrogens (primary N) is 1. The molecule has 1 atom stereocenters. The van der Waals surface area contributed by atoms with Crippen molar-refractivity contribution in [2.24, 2.45) is 5.73 Å². The minimum Gasteiger partial charge on any atom is -0.332 e. The van der Waals surface area contributed by atoms with Gasteiger partial charge >= 0.3 is 0 Å². The van der Waals surface area contributed by atoms with Crippen LogP contribution in [0.15, 0.2) is 48.7 Å². The molecule has 0 aliphatic rings. The van der Waals surface area contributed by atoms with Gasteiger partial charge in [0.15, 0.2) is 0 Å². The van der Waals surface area contributed by atoms with E-state index in [9.17, 15) is 4.79 Å². The monoisotopic (exact) mass is 369 g/mol. The minimum atomic E-state index is -0.142. The van der Waals surface area contributed by atoms with Crippen LogP contribution in [0.1, 0.15) is 30.2 Å². The van der Waals surface area contributed by atoms with Crippen molar-refractivity contribution >= 4 is 30.7 Å². The van der Waals surface area contributed by atoms with Gasteiger partial charge in [-0.25, -0.2) is 0 Å². The zero-order valence-electron chi connectivity index (χ0n) is 14.0. The summed E-state index contributed by atoms with van der Waals surface area (Å²) in [5, 5.41) is 0. The first-order valence-electron chi connectivity index (χ1n) is 7.53. The van der Waals surface area contributed by atoms with Crippen molar-refractivity contribution in [3.8, 4) is 0 Å². The van der Waals surface area contributed by atoms with E-state index in [1.54, 1.807) is 6.20 Å². The van der Waals surface area contributed by atoms with E-state index in [1.165, 1.54) is 5.56 Å². The molecule has 0 saturated heterocycles. The lowest BCUT2D eigenvalue weighted by Gasteiger charge is -2.23. The highest BCUT2D eigenvalue weighted by atomic mass is 35.5. The van der Waals surface area contributed by atoms with Crippen LogP contribution in [0.2, 0.25) is 0 Å². The van der Waals surface area contributed by atoms with Crippen LogP contribution in [0, 0.1) is 6.92 Å². The maximum Gasteiger partial charge on any atom is 0.224 e. The van der Waals surface area contributed by atoms with Crippen LogP contribution in [0.5, 0.6) is 0 Å². The first kappa shape index (κ1) is 22.4. The molecule has 6 heteroatoms. The summed E-state index contributed by atoms with van der Waals surface area (Å²) >= 11 is 0. The van der Waals surface area contributed by atoms with Crippen LogP contribution in [-0.2, 0) is 17.9 Å². The molecule has 0 radical (unpaired) electrons. The summed E-state index contributed by atoms with van der Waals surface area (Å²) in [6.07, 6.45) is 2.09. The van der Waals surface area contributed by atoms with Crippen molar-refractivity contribution in [1.82, 2.24) is 9.88 Å². The van der Waals surface area contributed by atoms with Gasteiger partial charge in [0.2, 0.25) is 5.91 Å². The number of amides is 1. The fourth-order valence-electron chi connectivity index (χ4n) is 2.35. The van der Waals surface area contributed by atoms with E-state index in [4.69, 9.17) is 5.73 Å². The Hall–Kier alpha value is -1.62. The zero-order valence-corrected chi connectivity index (χ0v) is 15.6. The second-order valence-electron chi connectivity index (χ2n) is 5.74. The van der Waals surface area contributed by atoms with Crippen LogP contribution in [-0.4, -0.2) is 21.8 Å². The van der Waals surface area contributed by atoms with Crippen molar-refractivity contribution in [2.45, 2.75) is 39.4 Å². The molecule has 0 fully saturated rings. The highest BCUT2D eigenvalue weighted by molar-refractivity contribution is 5.85. The van der Waals surface area contributed by atoms with E-state index in [2.05, 4.69) is 24.0 Å². The predicted octanol–water partition coefficient (Wildman–Crippen LogP) is 3.50. The standard InChI is InChI=1S/C18H23N3O.2ClH/c1-14-6-5-7-16(10-14)12-21(18(22)11-15(2)19)13-17-8-3-4-9-20-17;;/h3-10,15H,11-13,19H2,1-2H3;2*1H. The number of pyridine rings is 1. The number of carbonyl (C=O) groups is 1. The average Bonchev–Trinajstić information content (AvgIpc) is 2.47. The third-order valence-corrected chi connectivity index (χ3v) is 3.38. The number of hydrogen-bond acceptors (Lipinski definition) is 3. The van der Waals surface area contributed by atoms with Crippen molar-refractivity contribution in [3.63, 3.8) is 0 Å². The average molecular weight is 370 g/mol. The predicted molar refractivity (Wildman–Crippen MR) is 102 cm³/mol. The fourth-order valence-corrected chi connectivity index (χ4v) is 2.35. The highest BCUT2D eigenvalue weighted by Crippen LogP contribution is 2.12. The smallest absolute Gasteiger partial charge is 0.224 e. The molecule has 2 N–H and O–H groups in total. The molecule has 0 spiro atoms. The Morgan fingerprint density at radius 1 is 1.17 bits per heavy atom. The van der Waals surface area contributed by atoms with Crippen molar-refractivity contribution in [1.29, 1.82) is 0 Å². The minimum absolute atomic E-state index is 0. The summed E-state index contributed by atoms with van der Waals surface area (Å²) < 4.78 is 0. The van der Waals surface area contributed by atoms with Crippen LogP contribution in [0.4, 0.5) is 0 Å². The number of aryl methyl sites for hydroxylation is 1. The van der Waals surface area contributed by atoms with Crippen LogP contribution < -0.4 is 5.73 Å². The second kappa shape index (κ2) is 11.0. The van der Waals surface area contributed by atoms with E-state index in [0.29, 0.717) is 19.5 Å². The number of benzene rings is 1. The quantitative estimate of drug-likeness (QED) is 0.847. The molecule has 1 amide bonds. The normalized spacial score (nSPS) is 11.0. The lowest BCUT2D eigenvalue weighted by Crippen LogP contribution is -2.34. The maximum atomic E-state index is 12.5. The lowest BCUT2D eigenvalue weighted by atomic mass is 10.1. The lowest BCUT2D eigenvalue weighted by molar-refractivity contribution is -0.132. The number of aromatic nitrogens is 1. The van der Waals surface area contributed by atoms with E-state index in [0.717, 1.165) is 11.3 Å². The van der Waals surface area contributed by atoms with Crippen LogP contribution >= 0.6 is 24.8 Å². The third kappa shape index (κ3) is 7.30. The Kier molecular flexibility index (Phi) is 10.3. The molecule has 0 aliphatic heterocycles. The molecule has 0 bridgehead atoms. The molecular formula is C18H25Cl2N3O. The largest absolute Gasteiger partial charge is 0.332 e. The topological polar surface area (TPSA) is 59.2 Å². The molecule has 132 valence electrons. The van der Waals surface area contributed by atoms with Gasteiger partial charge in [0.25, 0.3) is 0 Å². The van der Waals surface area contributed by atoms with Gasteiger partial charge < -0.3 is 10.6 Å². The van der Waals surface area contributed by atoms with Crippen molar-refractivity contribution < 1.29 is 4.79 Å². The fraction of sp³-hybridized carbons (Fsp3) is 0.333. The number of hydrogen-bond donors (Lipinski definition) is 1. The molecule has 1 heterocycles. The molecule has 0 aliphatic carbocycles. The first-order valence-corrected chi connectivity index (χ1v) is 7.53. The van der Waals surface area contributed by atoms with Gasteiger partial charge in [0.1, 0.15) is 0 Å². The zero-order chi connectivity index (χ0) is 15.9. The second-order valence-corrected chi connectivity index (χ2v) is 5.74. The number of nitrogens with zero attached hydrogens (tertiary/aromatic N) is 2. The third-order valence-electron chi connectivity index (χ3n) is 3.38. The van der Waals surface area contributed by atoms with Crippen molar-refractivity contribution in [3.05, 3.63) is 65.5 Å². The van der Waals surface area contributed by atoms with E-state index < -0.39 is 0 Å². The Labute approximate surface area is 156 Å². The molecule has 1 unspecified atom stereocenters. The van der Waals surface area contributed by atoms with Gasteiger partial charge in [-0.15, -0.1) is 24.8 Å². The molecule has 2 aromatic rings. The molecule has 1 aromatic carbocycles. The Bertz CT molecular complexity index is 621. The molecule has 4 nitrogen and oxygen atoms in total. The Morgan fingerprint density at radius 2 is 1.92 bits per heavy atom. The first-order chi connectivity index (χ1) is 10.5. The van der Waals surface area contributed by atoms with Gasteiger partial charge in [0, 0.05) is 25.2 Å². The van der Waals surface area contributed by atoms with Gasteiger partial charge in [-0.1, -0.05) is 35.9 Å². The highest BCUT2D eigenvalue weighted by Gasteiger charge is 2.16. The number of rotatable bonds is 6. The van der Waals surface area contributed by atoms with E-state index >= 15 is 0 Å². The van der Waals surface area contributed by atoms with Gasteiger partial charge in [-0.05, 0) is 31.5 Å². The summed E-state index contributed by atoms with van der Waals surface area (Å²) in [6, 6.07) is 13.8. The molecule has 0 saturated carbocycles. The summed E-state index contributed by atoms with van der Waals surface area (Å²) in [4.78, 5) is 18.6. The maximum absolute atomic E-state index is 12.5. The number of carbonyl (C=O) groups excluding carboxylic acids is 1. The SMILES string of the molecule is Cc1cccc(CN(Cc2ccccn2)C(=O)CC(C)N)c1.Cl.Cl. The van der Waals surface area contributed by atoms with Crippen LogP contribution in [0.3, 0.4) is 0 Å². The van der Waals surface area contributed by atoms with Gasteiger partial charge in [-0.2, -0.15) is 0 Å². The molecule has 1 aromatic heterocycles. The van der Waals surface area contributed by atoms with Gasteiger partial charge in [0.05, 0.1) is 12.2 Å². The Balaban J connectivity index is 0.00000264. The molecular weight excluding hydrogens is 345 g/mol. The molecule has 24 heavy (non-hydrogen) atoms.